The van der Waals surface area contributed by atoms with Crippen LogP contribution in [0.1, 0.15) is 74.7 Å². The lowest BCUT2D eigenvalue weighted by atomic mass is 10.1. The molecule has 1 rings (SSSR count). The molecule has 20 heavy (non-hydrogen) atoms. The summed E-state index contributed by atoms with van der Waals surface area (Å²) in [6.07, 6.45) is 8.89. The summed E-state index contributed by atoms with van der Waals surface area (Å²) < 4.78 is 5.79. The van der Waals surface area contributed by atoms with Crippen molar-refractivity contribution in [3.63, 3.8) is 0 Å². The molecule has 0 radical (unpaired) electrons. The second-order valence-electron chi connectivity index (χ2n) is 5.53. The van der Waals surface area contributed by atoms with E-state index in [0.717, 1.165) is 17.7 Å². The van der Waals surface area contributed by atoms with Gasteiger partial charge < -0.3 is 4.74 Å². The van der Waals surface area contributed by atoms with Crippen LogP contribution in [0.2, 0.25) is 0 Å². The summed E-state index contributed by atoms with van der Waals surface area (Å²) in [5, 5.41) is 0. The van der Waals surface area contributed by atoms with Gasteiger partial charge in [0.25, 0.3) is 0 Å². The van der Waals surface area contributed by atoms with Crippen molar-refractivity contribution in [3.05, 3.63) is 29.3 Å². The van der Waals surface area contributed by atoms with Crippen LogP contribution in [0.4, 0.5) is 0 Å². The second kappa shape index (κ2) is 9.57. The van der Waals surface area contributed by atoms with Crippen LogP contribution in [0, 0.1) is 6.92 Å². The fourth-order valence-electron chi connectivity index (χ4n) is 2.28. The third-order valence-corrected chi connectivity index (χ3v) is 3.52. The molecule has 0 aliphatic carbocycles. The molecule has 0 fully saturated rings. The Morgan fingerprint density at radius 1 is 1.05 bits per heavy atom. The zero-order valence-electron chi connectivity index (χ0n) is 13.2. The molecule has 112 valence electrons. The Labute approximate surface area is 123 Å². The van der Waals surface area contributed by atoms with Gasteiger partial charge in [0.1, 0.15) is 5.75 Å². The van der Waals surface area contributed by atoms with Crippen LogP contribution >= 0.6 is 0 Å². The lowest BCUT2D eigenvalue weighted by Crippen LogP contribution is -2.03. The number of aryl methyl sites for hydroxylation is 1. The summed E-state index contributed by atoms with van der Waals surface area (Å²) in [6.45, 7) is 6.55. The molecule has 0 aliphatic heterocycles. The van der Waals surface area contributed by atoms with Gasteiger partial charge in [-0.3, -0.25) is 4.79 Å². The maximum atomic E-state index is 11.5. The van der Waals surface area contributed by atoms with Crippen LogP contribution in [-0.4, -0.2) is 12.4 Å². The van der Waals surface area contributed by atoms with Crippen LogP contribution in [0.5, 0.6) is 5.75 Å². The predicted octanol–water partition coefficient (Wildman–Crippen LogP) is 5.33. The number of carbonyl (C=O) groups excluding carboxylic acids is 1. The molecule has 0 saturated carbocycles. The predicted molar refractivity (Wildman–Crippen MR) is 84.7 cm³/mol. The molecule has 0 saturated heterocycles. The Morgan fingerprint density at radius 3 is 2.35 bits per heavy atom. The topological polar surface area (TPSA) is 26.3 Å². The second-order valence-corrected chi connectivity index (χ2v) is 5.53. The number of benzene rings is 1. The van der Waals surface area contributed by atoms with Crippen molar-refractivity contribution in [2.75, 3.05) is 6.61 Å². The largest absolute Gasteiger partial charge is 0.493 e. The van der Waals surface area contributed by atoms with E-state index >= 15 is 0 Å². The molecular weight excluding hydrogens is 248 g/mol. The molecule has 2 heteroatoms. The minimum absolute atomic E-state index is 0.0690. The molecule has 2 nitrogen and oxygen atoms in total. The van der Waals surface area contributed by atoms with Crippen molar-refractivity contribution in [1.82, 2.24) is 0 Å². The number of ether oxygens (including phenoxy) is 1. The van der Waals surface area contributed by atoms with Crippen molar-refractivity contribution in [2.45, 2.75) is 65.7 Å². The lowest BCUT2D eigenvalue weighted by molar-refractivity contribution is 0.101. The number of hydrogen-bond acceptors (Lipinski definition) is 2. The van der Waals surface area contributed by atoms with Gasteiger partial charge in [0.2, 0.25) is 0 Å². The van der Waals surface area contributed by atoms with Gasteiger partial charge in [0.15, 0.2) is 5.78 Å². The summed E-state index contributed by atoms with van der Waals surface area (Å²) in [5.74, 6) is 0.808. The first-order chi connectivity index (χ1) is 9.65. The maximum absolute atomic E-state index is 11.5. The number of carbonyl (C=O) groups is 1. The molecule has 0 heterocycles. The van der Waals surface area contributed by atoms with Gasteiger partial charge in [-0.05, 0) is 38.0 Å². The SMILES string of the molecule is CCCCCCCCCOc1cc(C)ccc1C(C)=O. The smallest absolute Gasteiger partial charge is 0.163 e. The van der Waals surface area contributed by atoms with Gasteiger partial charge in [-0.2, -0.15) is 0 Å². The number of ketones is 1. The van der Waals surface area contributed by atoms with Crippen LogP contribution in [-0.2, 0) is 0 Å². The third-order valence-electron chi connectivity index (χ3n) is 3.52. The lowest BCUT2D eigenvalue weighted by Gasteiger charge is -2.10. The highest BCUT2D eigenvalue weighted by Gasteiger charge is 2.08. The van der Waals surface area contributed by atoms with E-state index in [1.165, 1.54) is 38.5 Å². The van der Waals surface area contributed by atoms with E-state index in [4.69, 9.17) is 4.74 Å². The Kier molecular flexibility index (Phi) is 8.01. The molecular formula is C18H28O2. The fourth-order valence-corrected chi connectivity index (χ4v) is 2.28. The first-order valence-electron chi connectivity index (χ1n) is 7.89. The van der Waals surface area contributed by atoms with Gasteiger partial charge in [-0.15, -0.1) is 0 Å². The minimum Gasteiger partial charge on any atom is -0.493 e. The monoisotopic (exact) mass is 276 g/mol. The summed E-state index contributed by atoms with van der Waals surface area (Å²) in [7, 11) is 0. The number of rotatable bonds is 10. The van der Waals surface area contributed by atoms with Crippen molar-refractivity contribution in [3.8, 4) is 5.75 Å². The minimum atomic E-state index is 0.0690. The highest BCUT2D eigenvalue weighted by Crippen LogP contribution is 2.21. The number of unbranched alkanes of at least 4 members (excludes halogenated alkanes) is 6. The maximum Gasteiger partial charge on any atom is 0.163 e. The molecule has 0 spiro atoms. The van der Waals surface area contributed by atoms with E-state index < -0.39 is 0 Å². The van der Waals surface area contributed by atoms with E-state index in [-0.39, 0.29) is 5.78 Å². The molecule has 0 bridgehead atoms. The summed E-state index contributed by atoms with van der Waals surface area (Å²) in [4.78, 5) is 11.5. The molecule has 0 unspecified atom stereocenters. The standard InChI is InChI=1S/C18H28O2/c1-4-5-6-7-8-9-10-13-20-18-14-15(2)11-12-17(18)16(3)19/h11-12,14H,4-10,13H2,1-3H3. The third kappa shape index (κ3) is 6.23. The average Bonchev–Trinajstić information content (AvgIpc) is 2.41. The Morgan fingerprint density at radius 2 is 1.70 bits per heavy atom. The first kappa shape index (κ1) is 16.7. The first-order valence-corrected chi connectivity index (χ1v) is 7.89. The molecule has 1 aromatic carbocycles. The quantitative estimate of drug-likeness (QED) is 0.426. The highest BCUT2D eigenvalue weighted by atomic mass is 16.5. The molecule has 0 aromatic heterocycles. The van der Waals surface area contributed by atoms with Crippen molar-refractivity contribution in [1.29, 1.82) is 0 Å². The van der Waals surface area contributed by atoms with Gasteiger partial charge in [-0.1, -0.05) is 51.5 Å². The Balaban J connectivity index is 2.28. The summed E-state index contributed by atoms with van der Waals surface area (Å²) >= 11 is 0. The van der Waals surface area contributed by atoms with Crippen molar-refractivity contribution in [2.24, 2.45) is 0 Å². The van der Waals surface area contributed by atoms with Gasteiger partial charge >= 0.3 is 0 Å². The Hall–Kier alpha value is -1.31. The summed E-state index contributed by atoms with van der Waals surface area (Å²) in [6, 6.07) is 5.77. The van der Waals surface area contributed by atoms with Gasteiger partial charge in [-0.25, -0.2) is 0 Å². The van der Waals surface area contributed by atoms with Crippen molar-refractivity contribution < 1.29 is 9.53 Å². The molecule has 0 aliphatic rings. The van der Waals surface area contributed by atoms with Crippen molar-refractivity contribution >= 4 is 5.78 Å². The fraction of sp³-hybridized carbons (Fsp3) is 0.611. The van der Waals surface area contributed by atoms with E-state index in [2.05, 4.69) is 6.92 Å². The van der Waals surface area contributed by atoms with Crippen LogP contribution in [0.15, 0.2) is 18.2 Å². The van der Waals surface area contributed by atoms with Crippen LogP contribution < -0.4 is 4.74 Å². The van der Waals surface area contributed by atoms with E-state index in [1.807, 2.05) is 25.1 Å². The van der Waals surface area contributed by atoms with Gasteiger partial charge in [0, 0.05) is 0 Å². The number of Topliss-reactive ketones (excluding diaryl/α,β-unsaturated/α-hetero) is 1. The average molecular weight is 276 g/mol. The Bertz CT molecular complexity index is 410. The van der Waals surface area contributed by atoms with Crippen LogP contribution in [0.3, 0.4) is 0 Å². The van der Waals surface area contributed by atoms with Crippen LogP contribution in [0.25, 0.3) is 0 Å². The van der Waals surface area contributed by atoms with Gasteiger partial charge in [0.05, 0.1) is 12.2 Å². The number of hydrogen-bond donors (Lipinski definition) is 0. The molecule has 1 aromatic rings. The van der Waals surface area contributed by atoms with E-state index in [9.17, 15) is 4.79 Å². The normalized spacial score (nSPS) is 10.6. The van der Waals surface area contributed by atoms with E-state index in [0.29, 0.717) is 12.2 Å². The highest BCUT2D eigenvalue weighted by molar-refractivity contribution is 5.96. The summed E-state index contributed by atoms with van der Waals surface area (Å²) in [5.41, 5.74) is 1.82. The zero-order chi connectivity index (χ0) is 14.8. The molecule has 0 N–H and O–H groups in total. The van der Waals surface area contributed by atoms with E-state index in [1.54, 1.807) is 6.92 Å². The molecule has 0 atom stereocenters. The molecule has 0 amide bonds. The zero-order valence-corrected chi connectivity index (χ0v) is 13.2.